The maximum atomic E-state index is 12.1. The molecule has 112 valence electrons. The van der Waals surface area contributed by atoms with Gasteiger partial charge in [-0.1, -0.05) is 0 Å². The molecule has 1 heterocycles. The van der Waals surface area contributed by atoms with Crippen LogP contribution in [0.25, 0.3) is 0 Å². The molecule has 1 aliphatic heterocycles. The van der Waals surface area contributed by atoms with Crippen LogP contribution in [0, 0.1) is 0 Å². The Labute approximate surface area is 115 Å². The minimum atomic E-state index is -0.0419. The third-order valence-electron chi connectivity index (χ3n) is 3.45. The van der Waals surface area contributed by atoms with E-state index in [2.05, 4.69) is 11.9 Å². The van der Waals surface area contributed by atoms with Crippen LogP contribution < -0.4 is 0 Å². The number of methoxy groups -OCH3 is 1. The van der Waals surface area contributed by atoms with Crippen LogP contribution in [-0.2, 0) is 14.3 Å². The summed E-state index contributed by atoms with van der Waals surface area (Å²) >= 11 is 0. The van der Waals surface area contributed by atoms with Gasteiger partial charge in [0.25, 0.3) is 0 Å². The zero-order valence-electron chi connectivity index (χ0n) is 12.0. The van der Waals surface area contributed by atoms with E-state index in [1.807, 2.05) is 0 Å². The zero-order chi connectivity index (χ0) is 14.1. The van der Waals surface area contributed by atoms with Crippen molar-refractivity contribution in [3.05, 3.63) is 0 Å². The number of carbonyl (C=O) groups excluding carboxylic acids is 1. The lowest BCUT2D eigenvalue weighted by atomic mass is 10.0. The van der Waals surface area contributed by atoms with E-state index in [0.717, 1.165) is 25.9 Å². The highest BCUT2D eigenvalue weighted by molar-refractivity contribution is 5.77. The van der Waals surface area contributed by atoms with Crippen molar-refractivity contribution in [1.29, 1.82) is 0 Å². The van der Waals surface area contributed by atoms with Crippen molar-refractivity contribution < 1.29 is 19.4 Å². The molecule has 0 aromatic carbocycles. The van der Waals surface area contributed by atoms with Crippen LogP contribution in [0.5, 0.6) is 0 Å². The molecular formula is C13H26N2O4. The summed E-state index contributed by atoms with van der Waals surface area (Å²) in [6, 6.07) is 0.224. The van der Waals surface area contributed by atoms with E-state index >= 15 is 0 Å². The standard InChI is InChI=1S/C13H26N2O4/c1-14-5-3-12(4-6-14)15(7-8-16)13(17)11-19-10-9-18-2/h12,16H,3-11H2,1-2H3. The smallest absolute Gasteiger partial charge is 0.248 e. The van der Waals surface area contributed by atoms with Gasteiger partial charge in [-0.2, -0.15) is 0 Å². The number of nitrogens with zero attached hydrogens (tertiary/aromatic N) is 2. The third kappa shape index (κ3) is 5.86. The van der Waals surface area contributed by atoms with E-state index in [9.17, 15) is 4.79 Å². The molecule has 0 aromatic rings. The number of ether oxygens (including phenoxy) is 2. The maximum absolute atomic E-state index is 12.1. The van der Waals surface area contributed by atoms with E-state index in [1.54, 1.807) is 12.0 Å². The Morgan fingerprint density at radius 2 is 2.05 bits per heavy atom. The Kier molecular flexibility index (Phi) is 7.97. The first-order valence-corrected chi connectivity index (χ1v) is 6.84. The van der Waals surface area contributed by atoms with Crippen molar-refractivity contribution in [2.45, 2.75) is 18.9 Å². The molecule has 6 heteroatoms. The number of amides is 1. The Bertz CT molecular complexity index is 255. The topological polar surface area (TPSA) is 62.2 Å². The normalized spacial score (nSPS) is 17.6. The van der Waals surface area contributed by atoms with E-state index < -0.39 is 0 Å². The van der Waals surface area contributed by atoms with Crippen LogP contribution in [-0.4, -0.2) is 87.1 Å². The number of likely N-dealkylation sites (tertiary alicyclic amines) is 1. The summed E-state index contributed by atoms with van der Waals surface area (Å²) in [4.78, 5) is 16.1. The van der Waals surface area contributed by atoms with Gasteiger partial charge in [0.05, 0.1) is 19.8 Å². The number of aliphatic hydroxyl groups excluding tert-OH is 1. The van der Waals surface area contributed by atoms with Crippen LogP contribution in [0.4, 0.5) is 0 Å². The van der Waals surface area contributed by atoms with E-state index in [1.165, 1.54) is 0 Å². The lowest BCUT2D eigenvalue weighted by Crippen LogP contribution is -2.48. The van der Waals surface area contributed by atoms with Gasteiger partial charge < -0.3 is 24.4 Å². The first-order valence-electron chi connectivity index (χ1n) is 6.84. The van der Waals surface area contributed by atoms with Crippen molar-refractivity contribution in [2.24, 2.45) is 0 Å². The maximum Gasteiger partial charge on any atom is 0.248 e. The molecule has 1 saturated heterocycles. The highest BCUT2D eigenvalue weighted by atomic mass is 16.5. The number of hydrogen-bond donors (Lipinski definition) is 1. The lowest BCUT2D eigenvalue weighted by molar-refractivity contribution is -0.140. The zero-order valence-corrected chi connectivity index (χ0v) is 12.0. The van der Waals surface area contributed by atoms with Gasteiger partial charge in [-0.05, 0) is 33.0 Å². The molecule has 1 aliphatic rings. The predicted octanol–water partition coefficient (Wildman–Crippen LogP) is -0.435. The molecule has 0 aromatic heterocycles. The summed E-state index contributed by atoms with van der Waals surface area (Å²) in [5.74, 6) is -0.0419. The number of rotatable bonds is 8. The van der Waals surface area contributed by atoms with Gasteiger partial charge in [-0.3, -0.25) is 4.79 Å². The number of hydrogen-bond acceptors (Lipinski definition) is 5. The third-order valence-corrected chi connectivity index (χ3v) is 3.45. The number of aliphatic hydroxyl groups is 1. The van der Waals surface area contributed by atoms with Crippen molar-refractivity contribution in [2.75, 3.05) is 60.2 Å². The summed E-state index contributed by atoms with van der Waals surface area (Å²) in [6.45, 7) is 3.34. The van der Waals surface area contributed by atoms with Gasteiger partial charge in [-0.25, -0.2) is 0 Å². The van der Waals surface area contributed by atoms with Gasteiger partial charge in [0.2, 0.25) is 5.91 Å². The van der Waals surface area contributed by atoms with Crippen LogP contribution in [0.2, 0.25) is 0 Å². The minimum Gasteiger partial charge on any atom is -0.395 e. The fourth-order valence-electron chi connectivity index (χ4n) is 2.31. The number of piperidine rings is 1. The summed E-state index contributed by atoms with van der Waals surface area (Å²) < 4.78 is 10.1. The van der Waals surface area contributed by atoms with Gasteiger partial charge in [0.15, 0.2) is 0 Å². The van der Waals surface area contributed by atoms with Crippen molar-refractivity contribution >= 4 is 5.91 Å². The molecule has 1 N–H and O–H groups in total. The molecule has 6 nitrogen and oxygen atoms in total. The van der Waals surface area contributed by atoms with Crippen LogP contribution >= 0.6 is 0 Å². The molecule has 1 amide bonds. The molecule has 0 aliphatic carbocycles. The van der Waals surface area contributed by atoms with E-state index in [4.69, 9.17) is 14.6 Å². The van der Waals surface area contributed by atoms with Crippen molar-refractivity contribution in [3.63, 3.8) is 0 Å². The summed E-state index contributed by atoms with van der Waals surface area (Å²) in [7, 11) is 3.68. The summed E-state index contributed by atoms with van der Waals surface area (Å²) in [6.07, 6.45) is 1.92. The largest absolute Gasteiger partial charge is 0.395 e. The Morgan fingerprint density at radius 3 is 2.63 bits per heavy atom. The van der Waals surface area contributed by atoms with E-state index in [-0.39, 0.29) is 25.2 Å². The molecule has 19 heavy (non-hydrogen) atoms. The Morgan fingerprint density at radius 1 is 1.37 bits per heavy atom. The molecule has 0 bridgehead atoms. The average Bonchev–Trinajstić information content (AvgIpc) is 2.42. The highest BCUT2D eigenvalue weighted by Crippen LogP contribution is 2.15. The molecule has 1 fully saturated rings. The molecule has 0 spiro atoms. The number of carbonyl (C=O) groups is 1. The Balaban J connectivity index is 2.39. The lowest BCUT2D eigenvalue weighted by Gasteiger charge is -2.37. The molecular weight excluding hydrogens is 248 g/mol. The highest BCUT2D eigenvalue weighted by Gasteiger charge is 2.26. The van der Waals surface area contributed by atoms with Crippen LogP contribution in [0.15, 0.2) is 0 Å². The summed E-state index contributed by atoms with van der Waals surface area (Å²) in [5, 5.41) is 9.11. The predicted molar refractivity (Wildman–Crippen MR) is 72.0 cm³/mol. The molecule has 0 unspecified atom stereocenters. The van der Waals surface area contributed by atoms with Gasteiger partial charge in [-0.15, -0.1) is 0 Å². The van der Waals surface area contributed by atoms with Crippen LogP contribution in [0.1, 0.15) is 12.8 Å². The fraction of sp³-hybridized carbons (Fsp3) is 0.923. The van der Waals surface area contributed by atoms with Crippen molar-refractivity contribution in [3.8, 4) is 0 Å². The molecule has 0 saturated carbocycles. The molecule has 0 atom stereocenters. The quantitative estimate of drug-likeness (QED) is 0.608. The molecule has 1 rings (SSSR count). The average molecular weight is 274 g/mol. The first-order chi connectivity index (χ1) is 9.19. The fourth-order valence-corrected chi connectivity index (χ4v) is 2.31. The SMILES string of the molecule is COCCOCC(=O)N(CCO)C1CCN(C)CC1. The van der Waals surface area contributed by atoms with E-state index in [0.29, 0.717) is 19.8 Å². The monoisotopic (exact) mass is 274 g/mol. The van der Waals surface area contributed by atoms with Gasteiger partial charge >= 0.3 is 0 Å². The minimum absolute atomic E-state index is 0.00382. The van der Waals surface area contributed by atoms with Crippen molar-refractivity contribution in [1.82, 2.24) is 9.80 Å². The first kappa shape index (κ1) is 16.4. The molecule has 0 radical (unpaired) electrons. The second-order valence-corrected chi connectivity index (χ2v) is 4.89. The van der Waals surface area contributed by atoms with Crippen LogP contribution in [0.3, 0.4) is 0 Å². The second kappa shape index (κ2) is 9.25. The summed E-state index contributed by atoms with van der Waals surface area (Å²) in [5.41, 5.74) is 0. The van der Waals surface area contributed by atoms with Gasteiger partial charge in [0, 0.05) is 19.7 Å². The Hall–Kier alpha value is -0.690. The van der Waals surface area contributed by atoms with Gasteiger partial charge in [0.1, 0.15) is 6.61 Å². The second-order valence-electron chi connectivity index (χ2n) is 4.89.